The highest BCUT2D eigenvalue weighted by atomic mass is 79.9. The number of benzene rings is 1. The molecule has 1 aromatic heterocycles. The summed E-state index contributed by atoms with van der Waals surface area (Å²) in [5.41, 5.74) is 1.07. The predicted octanol–water partition coefficient (Wildman–Crippen LogP) is 3.16. The van der Waals surface area contributed by atoms with E-state index in [4.69, 9.17) is 4.74 Å². The van der Waals surface area contributed by atoms with Gasteiger partial charge in [0.25, 0.3) is 0 Å². The SMILES string of the molecule is COc1cc(NCCCn2ccnc2)ccc1Br. The number of nitrogens with zero attached hydrogens (tertiary/aromatic N) is 2. The predicted molar refractivity (Wildman–Crippen MR) is 76.0 cm³/mol. The Morgan fingerprint density at radius 1 is 1.44 bits per heavy atom. The summed E-state index contributed by atoms with van der Waals surface area (Å²) < 4.78 is 8.29. The quantitative estimate of drug-likeness (QED) is 0.833. The zero-order valence-corrected chi connectivity index (χ0v) is 11.9. The first-order valence-corrected chi connectivity index (χ1v) is 6.62. The fourth-order valence-corrected chi connectivity index (χ4v) is 2.09. The van der Waals surface area contributed by atoms with Crippen molar-refractivity contribution in [2.75, 3.05) is 19.0 Å². The van der Waals surface area contributed by atoms with E-state index in [2.05, 4.69) is 30.8 Å². The second kappa shape index (κ2) is 6.44. The zero-order chi connectivity index (χ0) is 12.8. The number of halogens is 1. The lowest BCUT2D eigenvalue weighted by Gasteiger charge is -2.09. The van der Waals surface area contributed by atoms with Gasteiger partial charge in [0, 0.05) is 37.2 Å². The van der Waals surface area contributed by atoms with Crippen LogP contribution in [-0.4, -0.2) is 23.2 Å². The molecular formula is C13H16BrN3O. The maximum absolute atomic E-state index is 5.25. The second-order valence-electron chi connectivity index (χ2n) is 3.93. The van der Waals surface area contributed by atoms with Crippen molar-refractivity contribution in [2.45, 2.75) is 13.0 Å². The number of nitrogens with one attached hydrogen (secondary N) is 1. The molecular weight excluding hydrogens is 294 g/mol. The molecule has 0 saturated heterocycles. The lowest BCUT2D eigenvalue weighted by atomic mass is 10.3. The van der Waals surface area contributed by atoms with Crippen molar-refractivity contribution >= 4 is 21.6 Å². The molecule has 1 N–H and O–H groups in total. The van der Waals surface area contributed by atoms with E-state index >= 15 is 0 Å². The smallest absolute Gasteiger partial charge is 0.135 e. The Balaban J connectivity index is 1.79. The molecule has 0 aliphatic carbocycles. The molecule has 4 nitrogen and oxygen atoms in total. The molecule has 0 bridgehead atoms. The Morgan fingerprint density at radius 3 is 3.06 bits per heavy atom. The van der Waals surface area contributed by atoms with Crippen molar-refractivity contribution in [1.82, 2.24) is 9.55 Å². The lowest BCUT2D eigenvalue weighted by Crippen LogP contribution is -2.05. The average molecular weight is 310 g/mol. The van der Waals surface area contributed by atoms with E-state index in [9.17, 15) is 0 Å². The van der Waals surface area contributed by atoms with Gasteiger partial charge in [0.1, 0.15) is 5.75 Å². The minimum absolute atomic E-state index is 0.842. The van der Waals surface area contributed by atoms with E-state index in [1.54, 1.807) is 13.3 Å². The molecule has 0 aliphatic heterocycles. The van der Waals surface area contributed by atoms with Crippen LogP contribution in [0.3, 0.4) is 0 Å². The van der Waals surface area contributed by atoms with Crippen LogP contribution in [-0.2, 0) is 6.54 Å². The highest BCUT2D eigenvalue weighted by Gasteiger charge is 2.00. The van der Waals surface area contributed by atoms with Gasteiger partial charge in [-0.3, -0.25) is 0 Å². The maximum Gasteiger partial charge on any atom is 0.135 e. The first-order chi connectivity index (χ1) is 8.79. The fraction of sp³-hybridized carbons (Fsp3) is 0.308. The largest absolute Gasteiger partial charge is 0.495 e. The first-order valence-electron chi connectivity index (χ1n) is 5.83. The number of rotatable bonds is 6. The topological polar surface area (TPSA) is 39.1 Å². The summed E-state index contributed by atoms with van der Waals surface area (Å²) in [5.74, 6) is 0.842. The number of hydrogen-bond donors (Lipinski definition) is 1. The van der Waals surface area contributed by atoms with Gasteiger partial charge in [-0.2, -0.15) is 0 Å². The molecule has 0 unspecified atom stereocenters. The molecule has 0 atom stereocenters. The zero-order valence-electron chi connectivity index (χ0n) is 10.3. The van der Waals surface area contributed by atoms with E-state index in [-0.39, 0.29) is 0 Å². The van der Waals surface area contributed by atoms with Crippen LogP contribution in [0.5, 0.6) is 5.75 Å². The van der Waals surface area contributed by atoms with E-state index in [1.807, 2.05) is 30.7 Å². The van der Waals surface area contributed by atoms with Crippen LogP contribution in [0.15, 0.2) is 41.4 Å². The van der Waals surface area contributed by atoms with Crippen LogP contribution in [0.1, 0.15) is 6.42 Å². The Labute approximate surface area is 115 Å². The normalized spacial score (nSPS) is 10.3. The minimum Gasteiger partial charge on any atom is -0.495 e. The van der Waals surface area contributed by atoms with Gasteiger partial charge in [0.2, 0.25) is 0 Å². The standard InChI is InChI=1S/C13H16BrN3O/c1-18-13-9-11(3-4-12(13)14)16-5-2-7-17-8-6-15-10-17/h3-4,6,8-10,16H,2,5,7H2,1H3. The molecule has 0 fully saturated rings. The third-order valence-corrected chi connectivity index (χ3v) is 3.29. The number of anilines is 1. The molecule has 5 heteroatoms. The third-order valence-electron chi connectivity index (χ3n) is 2.63. The number of aryl methyl sites for hydroxylation is 1. The third kappa shape index (κ3) is 3.50. The lowest BCUT2D eigenvalue weighted by molar-refractivity contribution is 0.412. The van der Waals surface area contributed by atoms with Crippen molar-refractivity contribution in [3.63, 3.8) is 0 Å². The Bertz CT molecular complexity index is 485. The second-order valence-corrected chi connectivity index (χ2v) is 4.78. The first kappa shape index (κ1) is 13.0. The van der Waals surface area contributed by atoms with Crippen molar-refractivity contribution in [3.8, 4) is 5.75 Å². The summed E-state index contributed by atoms with van der Waals surface area (Å²) >= 11 is 3.44. The van der Waals surface area contributed by atoms with E-state index in [1.165, 1.54) is 0 Å². The molecule has 18 heavy (non-hydrogen) atoms. The van der Waals surface area contributed by atoms with Gasteiger partial charge < -0.3 is 14.6 Å². The highest BCUT2D eigenvalue weighted by Crippen LogP contribution is 2.27. The molecule has 1 aromatic carbocycles. The molecule has 2 rings (SSSR count). The van der Waals surface area contributed by atoms with Gasteiger partial charge in [-0.15, -0.1) is 0 Å². The van der Waals surface area contributed by atoms with Crippen molar-refractivity contribution in [3.05, 3.63) is 41.4 Å². The van der Waals surface area contributed by atoms with Gasteiger partial charge in [0.05, 0.1) is 17.9 Å². The monoisotopic (exact) mass is 309 g/mol. The van der Waals surface area contributed by atoms with Gasteiger partial charge in [-0.05, 0) is 34.5 Å². The maximum atomic E-state index is 5.25. The summed E-state index contributed by atoms with van der Waals surface area (Å²) in [6.45, 7) is 1.89. The van der Waals surface area contributed by atoms with Gasteiger partial charge >= 0.3 is 0 Å². The summed E-state index contributed by atoms with van der Waals surface area (Å²) in [6, 6.07) is 6.00. The van der Waals surface area contributed by atoms with Crippen LogP contribution in [0.2, 0.25) is 0 Å². The molecule has 96 valence electrons. The van der Waals surface area contributed by atoms with Crippen molar-refractivity contribution in [2.24, 2.45) is 0 Å². The summed E-state index contributed by atoms with van der Waals surface area (Å²) in [6.07, 6.45) is 6.66. The number of methoxy groups -OCH3 is 1. The molecule has 0 aliphatic rings. The molecule has 0 saturated carbocycles. The summed E-state index contributed by atoms with van der Waals surface area (Å²) in [5, 5.41) is 3.37. The fourth-order valence-electron chi connectivity index (χ4n) is 1.68. The van der Waals surface area contributed by atoms with Crippen LogP contribution in [0.25, 0.3) is 0 Å². The van der Waals surface area contributed by atoms with Gasteiger partial charge in [-0.1, -0.05) is 0 Å². The summed E-state index contributed by atoms with van der Waals surface area (Å²) in [4.78, 5) is 4.01. The Kier molecular flexibility index (Phi) is 4.64. The van der Waals surface area contributed by atoms with Gasteiger partial charge in [0.15, 0.2) is 0 Å². The van der Waals surface area contributed by atoms with Crippen LogP contribution < -0.4 is 10.1 Å². The number of aromatic nitrogens is 2. The number of ether oxygens (including phenoxy) is 1. The molecule has 2 aromatic rings. The molecule has 1 heterocycles. The van der Waals surface area contributed by atoms with Crippen LogP contribution in [0.4, 0.5) is 5.69 Å². The van der Waals surface area contributed by atoms with Crippen molar-refractivity contribution < 1.29 is 4.74 Å². The number of hydrogen-bond acceptors (Lipinski definition) is 3. The molecule has 0 amide bonds. The minimum atomic E-state index is 0.842. The highest BCUT2D eigenvalue weighted by molar-refractivity contribution is 9.10. The van der Waals surface area contributed by atoms with Crippen LogP contribution in [0, 0.1) is 0 Å². The Hall–Kier alpha value is -1.49. The van der Waals surface area contributed by atoms with Gasteiger partial charge in [-0.25, -0.2) is 4.98 Å². The van der Waals surface area contributed by atoms with E-state index in [0.717, 1.165) is 35.4 Å². The summed E-state index contributed by atoms with van der Waals surface area (Å²) in [7, 11) is 1.67. The molecule has 0 spiro atoms. The van der Waals surface area contributed by atoms with E-state index < -0.39 is 0 Å². The van der Waals surface area contributed by atoms with E-state index in [0.29, 0.717) is 0 Å². The van der Waals surface area contributed by atoms with Crippen molar-refractivity contribution in [1.29, 1.82) is 0 Å². The number of imidazole rings is 1. The van der Waals surface area contributed by atoms with Crippen LogP contribution >= 0.6 is 15.9 Å². The molecule has 0 radical (unpaired) electrons. The average Bonchev–Trinajstić information content (AvgIpc) is 2.89. The Morgan fingerprint density at radius 2 is 2.33 bits per heavy atom.